The van der Waals surface area contributed by atoms with Gasteiger partial charge >= 0.3 is 6.18 Å². The van der Waals surface area contributed by atoms with Crippen molar-refractivity contribution in [3.63, 3.8) is 0 Å². The Kier molecular flexibility index (Phi) is 4.65. The SMILES string of the molecule is O=C1C[C@@H](c2noc(-c3cccc(C(F)(F)F)c3)n2)CN1C1CCCCC1. The van der Waals surface area contributed by atoms with Gasteiger partial charge in [-0.25, -0.2) is 0 Å². The molecule has 2 heterocycles. The van der Waals surface area contributed by atoms with E-state index in [9.17, 15) is 18.0 Å². The van der Waals surface area contributed by atoms with E-state index in [2.05, 4.69) is 10.1 Å². The number of halogens is 3. The molecular formula is C19H20F3N3O2. The van der Waals surface area contributed by atoms with Crippen molar-refractivity contribution in [3.8, 4) is 11.5 Å². The third-order valence-corrected chi connectivity index (χ3v) is 5.42. The molecule has 4 rings (SSSR count). The Morgan fingerprint density at radius 2 is 1.93 bits per heavy atom. The summed E-state index contributed by atoms with van der Waals surface area (Å²) in [6.45, 7) is 0.547. The summed E-state index contributed by atoms with van der Waals surface area (Å²) in [5.41, 5.74) is -0.545. The van der Waals surface area contributed by atoms with Crippen molar-refractivity contribution in [2.75, 3.05) is 6.54 Å². The number of benzene rings is 1. The van der Waals surface area contributed by atoms with Crippen molar-refractivity contribution in [1.29, 1.82) is 0 Å². The van der Waals surface area contributed by atoms with Gasteiger partial charge in [0.25, 0.3) is 5.89 Å². The van der Waals surface area contributed by atoms with E-state index in [1.54, 1.807) is 0 Å². The van der Waals surface area contributed by atoms with E-state index in [1.165, 1.54) is 18.6 Å². The fourth-order valence-electron chi connectivity index (χ4n) is 4.00. The number of carbonyl (C=O) groups is 1. The van der Waals surface area contributed by atoms with Gasteiger partial charge in [0, 0.05) is 30.5 Å². The van der Waals surface area contributed by atoms with Crippen LogP contribution in [0.4, 0.5) is 13.2 Å². The third kappa shape index (κ3) is 3.70. The standard InChI is InChI=1S/C19H20F3N3O2/c20-19(21,22)14-6-4-5-12(9-14)18-23-17(24-27-18)13-10-16(26)25(11-13)15-7-2-1-3-8-15/h4-6,9,13,15H,1-3,7-8,10-11H2/t13-/m1/s1. The monoisotopic (exact) mass is 379 g/mol. The van der Waals surface area contributed by atoms with Gasteiger partial charge in [-0.2, -0.15) is 18.2 Å². The summed E-state index contributed by atoms with van der Waals surface area (Å²) in [4.78, 5) is 18.6. The van der Waals surface area contributed by atoms with Crippen LogP contribution in [-0.2, 0) is 11.0 Å². The minimum absolute atomic E-state index is 0.0414. The highest BCUT2D eigenvalue weighted by Gasteiger charge is 2.38. The first-order valence-electron chi connectivity index (χ1n) is 9.22. The van der Waals surface area contributed by atoms with Crippen LogP contribution in [0.3, 0.4) is 0 Å². The Hall–Kier alpha value is -2.38. The first kappa shape index (κ1) is 18.0. The molecule has 1 aliphatic heterocycles. The average molecular weight is 379 g/mol. The molecule has 1 amide bonds. The largest absolute Gasteiger partial charge is 0.416 e. The topological polar surface area (TPSA) is 59.2 Å². The molecule has 2 aliphatic rings. The van der Waals surface area contributed by atoms with E-state index >= 15 is 0 Å². The lowest BCUT2D eigenvalue weighted by Crippen LogP contribution is -2.37. The summed E-state index contributed by atoms with van der Waals surface area (Å²) < 4.78 is 43.9. The number of amides is 1. The van der Waals surface area contributed by atoms with Gasteiger partial charge < -0.3 is 9.42 Å². The molecule has 2 aromatic rings. The van der Waals surface area contributed by atoms with Crippen molar-refractivity contribution in [2.45, 2.75) is 56.7 Å². The highest BCUT2D eigenvalue weighted by Crippen LogP contribution is 2.34. The van der Waals surface area contributed by atoms with Crippen LogP contribution in [0.2, 0.25) is 0 Å². The molecule has 0 radical (unpaired) electrons. The van der Waals surface area contributed by atoms with Gasteiger partial charge in [0.2, 0.25) is 5.91 Å². The highest BCUT2D eigenvalue weighted by molar-refractivity contribution is 5.80. The summed E-state index contributed by atoms with van der Waals surface area (Å²) in [5, 5.41) is 3.93. The van der Waals surface area contributed by atoms with Crippen LogP contribution in [0.1, 0.15) is 55.8 Å². The van der Waals surface area contributed by atoms with Gasteiger partial charge in [0.15, 0.2) is 5.82 Å². The first-order valence-corrected chi connectivity index (χ1v) is 9.22. The predicted molar refractivity (Wildman–Crippen MR) is 90.7 cm³/mol. The molecule has 1 saturated carbocycles. The molecular weight excluding hydrogens is 359 g/mol. The summed E-state index contributed by atoms with van der Waals surface area (Å²) in [5.74, 6) is 0.341. The molecule has 1 atom stereocenters. The third-order valence-electron chi connectivity index (χ3n) is 5.42. The zero-order chi connectivity index (χ0) is 19.0. The number of nitrogens with zero attached hydrogens (tertiary/aromatic N) is 3. The molecule has 1 saturated heterocycles. The van der Waals surface area contributed by atoms with E-state index < -0.39 is 11.7 Å². The lowest BCUT2D eigenvalue weighted by Gasteiger charge is -2.31. The number of carbonyl (C=O) groups excluding carboxylic acids is 1. The molecule has 8 heteroatoms. The van der Waals surface area contributed by atoms with Crippen molar-refractivity contribution in [3.05, 3.63) is 35.7 Å². The Labute approximate surface area is 154 Å². The molecule has 144 valence electrons. The zero-order valence-electron chi connectivity index (χ0n) is 14.7. The number of aromatic nitrogens is 2. The van der Waals surface area contributed by atoms with Gasteiger partial charge in [-0.3, -0.25) is 4.79 Å². The first-order chi connectivity index (χ1) is 12.9. The van der Waals surface area contributed by atoms with Crippen molar-refractivity contribution < 1.29 is 22.5 Å². The number of hydrogen-bond acceptors (Lipinski definition) is 4. The molecule has 2 fully saturated rings. The Bertz CT molecular complexity index is 828. The van der Waals surface area contributed by atoms with Gasteiger partial charge in [0.1, 0.15) is 0 Å². The van der Waals surface area contributed by atoms with Crippen LogP contribution in [0, 0.1) is 0 Å². The maximum atomic E-state index is 12.9. The maximum Gasteiger partial charge on any atom is 0.416 e. The summed E-state index contributed by atoms with van der Waals surface area (Å²) in [6.07, 6.45) is 1.44. The van der Waals surface area contributed by atoms with Crippen molar-refractivity contribution in [2.24, 2.45) is 0 Å². The molecule has 0 bridgehead atoms. The second-order valence-corrected chi connectivity index (χ2v) is 7.28. The minimum Gasteiger partial charge on any atom is -0.339 e. The van der Waals surface area contributed by atoms with Crippen LogP contribution in [0.15, 0.2) is 28.8 Å². The quantitative estimate of drug-likeness (QED) is 0.793. The fourth-order valence-corrected chi connectivity index (χ4v) is 4.00. The number of likely N-dealkylation sites (tertiary alicyclic amines) is 1. The van der Waals surface area contributed by atoms with Crippen molar-refractivity contribution >= 4 is 5.91 Å². The van der Waals surface area contributed by atoms with E-state index in [0.717, 1.165) is 37.8 Å². The Morgan fingerprint density at radius 3 is 2.67 bits per heavy atom. The Balaban J connectivity index is 1.51. The molecule has 1 aromatic carbocycles. The number of hydrogen-bond donors (Lipinski definition) is 0. The maximum absolute atomic E-state index is 12.9. The van der Waals surface area contributed by atoms with Crippen LogP contribution >= 0.6 is 0 Å². The summed E-state index contributed by atoms with van der Waals surface area (Å²) in [7, 11) is 0. The second kappa shape index (κ2) is 6.98. The molecule has 5 nitrogen and oxygen atoms in total. The van der Waals surface area contributed by atoms with E-state index in [-0.39, 0.29) is 29.3 Å². The van der Waals surface area contributed by atoms with E-state index in [4.69, 9.17) is 4.52 Å². The smallest absolute Gasteiger partial charge is 0.339 e. The normalized spacial score (nSPS) is 21.8. The van der Waals surface area contributed by atoms with E-state index in [1.807, 2.05) is 4.90 Å². The lowest BCUT2D eigenvalue weighted by molar-refractivity contribution is -0.137. The van der Waals surface area contributed by atoms with E-state index in [0.29, 0.717) is 18.8 Å². The number of rotatable bonds is 3. The van der Waals surface area contributed by atoms with Crippen molar-refractivity contribution in [1.82, 2.24) is 15.0 Å². The molecule has 0 N–H and O–H groups in total. The molecule has 27 heavy (non-hydrogen) atoms. The number of alkyl halides is 3. The van der Waals surface area contributed by atoms with Gasteiger partial charge in [-0.15, -0.1) is 0 Å². The van der Waals surface area contributed by atoms with Crippen LogP contribution in [0.25, 0.3) is 11.5 Å². The molecule has 1 aromatic heterocycles. The minimum atomic E-state index is -4.43. The fraction of sp³-hybridized carbons (Fsp3) is 0.526. The Morgan fingerprint density at radius 1 is 1.15 bits per heavy atom. The summed E-state index contributed by atoms with van der Waals surface area (Å²) >= 11 is 0. The average Bonchev–Trinajstić information content (AvgIpc) is 3.29. The zero-order valence-corrected chi connectivity index (χ0v) is 14.7. The van der Waals surface area contributed by atoms with Crippen LogP contribution < -0.4 is 0 Å². The molecule has 0 unspecified atom stereocenters. The van der Waals surface area contributed by atoms with Gasteiger partial charge in [0.05, 0.1) is 5.56 Å². The van der Waals surface area contributed by atoms with Gasteiger partial charge in [-0.1, -0.05) is 30.5 Å². The second-order valence-electron chi connectivity index (χ2n) is 7.28. The predicted octanol–water partition coefficient (Wildman–Crippen LogP) is 4.40. The highest BCUT2D eigenvalue weighted by atomic mass is 19.4. The van der Waals surface area contributed by atoms with Crippen LogP contribution in [-0.4, -0.2) is 33.5 Å². The summed E-state index contributed by atoms with van der Waals surface area (Å²) in [6, 6.07) is 5.09. The van der Waals surface area contributed by atoms with Crippen LogP contribution in [0.5, 0.6) is 0 Å². The lowest BCUT2D eigenvalue weighted by atomic mass is 9.94. The van der Waals surface area contributed by atoms with Gasteiger partial charge in [-0.05, 0) is 31.0 Å². The molecule has 1 aliphatic carbocycles. The molecule has 0 spiro atoms.